The van der Waals surface area contributed by atoms with E-state index in [0.717, 1.165) is 62.1 Å². The van der Waals surface area contributed by atoms with E-state index in [1.807, 2.05) is 12.1 Å². The van der Waals surface area contributed by atoms with Gasteiger partial charge in [-0.1, -0.05) is 54.1 Å². The molecule has 0 unspecified atom stereocenters. The summed E-state index contributed by atoms with van der Waals surface area (Å²) >= 11 is 6.04. The van der Waals surface area contributed by atoms with Crippen LogP contribution in [0.1, 0.15) is 17.0 Å². The van der Waals surface area contributed by atoms with Crippen molar-refractivity contribution in [1.82, 2.24) is 20.0 Å². The SMILES string of the molecule is Cc1[nH]nc(CCN2CCN(Cc3ccccc3)CC2)c1-c1ccc(Cl)cc1. The lowest BCUT2D eigenvalue weighted by Gasteiger charge is -2.34. The largest absolute Gasteiger partial charge is 0.300 e. The highest BCUT2D eigenvalue weighted by Crippen LogP contribution is 2.27. The molecule has 4 nitrogen and oxygen atoms in total. The number of nitrogens with zero attached hydrogens (tertiary/aromatic N) is 3. The highest BCUT2D eigenvalue weighted by atomic mass is 35.5. The molecule has 1 aliphatic heterocycles. The van der Waals surface area contributed by atoms with Crippen LogP contribution in [0.15, 0.2) is 54.6 Å². The third kappa shape index (κ3) is 4.64. The minimum Gasteiger partial charge on any atom is -0.300 e. The zero-order valence-corrected chi connectivity index (χ0v) is 17.1. The Morgan fingerprint density at radius 3 is 2.32 bits per heavy atom. The molecule has 0 radical (unpaired) electrons. The molecule has 1 aromatic heterocycles. The smallest absolute Gasteiger partial charge is 0.0716 e. The van der Waals surface area contributed by atoms with Crippen LogP contribution in [0.25, 0.3) is 11.1 Å². The zero-order chi connectivity index (χ0) is 19.3. The first kappa shape index (κ1) is 19.2. The zero-order valence-electron chi connectivity index (χ0n) is 16.4. The number of rotatable bonds is 6. The highest BCUT2D eigenvalue weighted by molar-refractivity contribution is 6.30. The second kappa shape index (κ2) is 8.91. The van der Waals surface area contributed by atoms with Gasteiger partial charge in [0.25, 0.3) is 0 Å². The Balaban J connectivity index is 1.32. The Morgan fingerprint density at radius 2 is 1.61 bits per heavy atom. The maximum absolute atomic E-state index is 6.04. The first-order chi connectivity index (χ1) is 13.7. The molecule has 3 aromatic rings. The predicted molar refractivity (Wildman–Crippen MR) is 116 cm³/mol. The van der Waals surface area contributed by atoms with Crippen molar-refractivity contribution in [3.63, 3.8) is 0 Å². The van der Waals surface area contributed by atoms with Crippen molar-refractivity contribution in [2.75, 3.05) is 32.7 Å². The molecule has 2 aromatic carbocycles. The van der Waals surface area contributed by atoms with Gasteiger partial charge in [0.05, 0.1) is 5.69 Å². The molecule has 5 heteroatoms. The van der Waals surface area contributed by atoms with E-state index in [9.17, 15) is 0 Å². The van der Waals surface area contributed by atoms with Crippen molar-refractivity contribution in [3.05, 3.63) is 76.6 Å². The fraction of sp³-hybridized carbons (Fsp3) is 0.348. The van der Waals surface area contributed by atoms with Crippen molar-refractivity contribution in [1.29, 1.82) is 0 Å². The quantitative estimate of drug-likeness (QED) is 0.673. The minimum absolute atomic E-state index is 0.764. The molecular formula is C23H27ClN4. The lowest BCUT2D eigenvalue weighted by atomic mass is 10.0. The summed E-state index contributed by atoms with van der Waals surface area (Å²) in [4.78, 5) is 5.10. The number of hydrogen-bond donors (Lipinski definition) is 1. The number of benzene rings is 2. The average Bonchev–Trinajstić information content (AvgIpc) is 3.09. The lowest BCUT2D eigenvalue weighted by molar-refractivity contribution is 0.128. The van der Waals surface area contributed by atoms with Gasteiger partial charge < -0.3 is 4.90 Å². The number of aryl methyl sites for hydroxylation is 1. The van der Waals surface area contributed by atoms with Gasteiger partial charge >= 0.3 is 0 Å². The first-order valence-corrected chi connectivity index (χ1v) is 10.4. The number of H-pyrrole nitrogens is 1. The summed E-state index contributed by atoms with van der Waals surface area (Å²) in [6.45, 7) is 8.66. The summed E-state index contributed by atoms with van der Waals surface area (Å²) < 4.78 is 0. The summed E-state index contributed by atoms with van der Waals surface area (Å²) in [5.74, 6) is 0. The molecule has 4 rings (SSSR count). The summed E-state index contributed by atoms with van der Waals surface area (Å²) in [5.41, 5.74) is 6.06. The third-order valence-electron chi connectivity index (χ3n) is 5.53. The van der Waals surface area contributed by atoms with Crippen LogP contribution < -0.4 is 0 Å². The molecular weight excluding hydrogens is 368 g/mol. The van der Waals surface area contributed by atoms with Gasteiger partial charge in [0.15, 0.2) is 0 Å². The van der Waals surface area contributed by atoms with E-state index in [1.165, 1.54) is 16.7 Å². The maximum Gasteiger partial charge on any atom is 0.0716 e. The van der Waals surface area contributed by atoms with E-state index in [4.69, 9.17) is 11.6 Å². The van der Waals surface area contributed by atoms with E-state index in [2.05, 4.69) is 69.4 Å². The third-order valence-corrected chi connectivity index (χ3v) is 5.79. The fourth-order valence-electron chi connectivity index (χ4n) is 3.94. The topological polar surface area (TPSA) is 35.2 Å². The molecule has 0 saturated carbocycles. The monoisotopic (exact) mass is 394 g/mol. The molecule has 1 saturated heterocycles. The van der Waals surface area contributed by atoms with Crippen molar-refractivity contribution in [3.8, 4) is 11.1 Å². The maximum atomic E-state index is 6.04. The molecule has 0 atom stereocenters. The number of nitrogens with one attached hydrogen (secondary N) is 1. The van der Waals surface area contributed by atoms with Crippen LogP contribution in [0.5, 0.6) is 0 Å². The Bertz CT molecular complexity index is 881. The number of hydrogen-bond acceptors (Lipinski definition) is 3. The summed E-state index contributed by atoms with van der Waals surface area (Å²) in [5, 5.41) is 8.50. The van der Waals surface area contributed by atoms with Crippen molar-refractivity contribution in [2.24, 2.45) is 0 Å². The van der Waals surface area contributed by atoms with E-state index >= 15 is 0 Å². The van der Waals surface area contributed by atoms with E-state index in [1.54, 1.807) is 0 Å². The first-order valence-electron chi connectivity index (χ1n) is 9.97. The number of halogens is 1. The van der Waals surface area contributed by atoms with Crippen LogP contribution in [0.2, 0.25) is 5.02 Å². The molecule has 0 spiro atoms. The van der Waals surface area contributed by atoms with Crippen LogP contribution in [0, 0.1) is 6.92 Å². The van der Waals surface area contributed by atoms with Crippen molar-refractivity contribution >= 4 is 11.6 Å². The van der Waals surface area contributed by atoms with Gasteiger partial charge in [0, 0.05) is 62.0 Å². The van der Waals surface area contributed by atoms with Gasteiger partial charge in [-0.3, -0.25) is 10.00 Å². The highest BCUT2D eigenvalue weighted by Gasteiger charge is 2.18. The molecule has 0 aliphatic carbocycles. The van der Waals surface area contributed by atoms with Gasteiger partial charge in [-0.15, -0.1) is 0 Å². The molecule has 28 heavy (non-hydrogen) atoms. The number of aromatic amines is 1. The standard InChI is InChI=1S/C23H27ClN4/c1-18-23(20-7-9-21(24)10-8-20)22(26-25-18)11-12-27-13-15-28(16-14-27)17-19-5-3-2-4-6-19/h2-10H,11-17H2,1H3,(H,25,26). The molecule has 1 fully saturated rings. The second-order valence-corrected chi connectivity index (χ2v) is 7.97. The van der Waals surface area contributed by atoms with Crippen LogP contribution in [-0.2, 0) is 13.0 Å². The Morgan fingerprint density at radius 1 is 0.929 bits per heavy atom. The van der Waals surface area contributed by atoms with Crippen LogP contribution in [0.3, 0.4) is 0 Å². The molecule has 1 N–H and O–H groups in total. The van der Waals surface area contributed by atoms with Gasteiger partial charge in [0.2, 0.25) is 0 Å². The van der Waals surface area contributed by atoms with Gasteiger partial charge in [-0.25, -0.2) is 0 Å². The number of piperazine rings is 1. The van der Waals surface area contributed by atoms with Crippen LogP contribution >= 0.6 is 11.6 Å². The fourth-order valence-corrected chi connectivity index (χ4v) is 4.06. The number of aromatic nitrogens is 2. The van der Waals surface area contributed by atoms with Crippen LogP contribution in [0.4, 0.5) is 0 Å². The van der Waals surface area contributed by atoms with Gasteiger partial charge in [0.1, 0.15) is 0 Å². The molecule has 0 bridgehead atoms. The predicted octanol–water partition coefficient (Wildman–Crippen LogP) is 4.40. The van der Waals surface area contributed by atoms with Gasteiger partial charge in [-0.2, -0.15) is 5.10 Å². The van der Waals surface area contributed by atoms with Crippen molar-refractivity contribution in [2.45, 2.75) is 19.9 Å². The molecule has 2 heterocycles. The van der Waals surface area contributed by atoms with Crippen LogP contribution in [-0.4, -0.2) is 52.7 Å². The van der Waals surface area contributed by atoms with E-state index < -0.39 is 0 Å². The Hall–Kier alpha value is -2.14. The Kier molecular flexibility index (Phi) is 6.10. The summed E-state index contributed by atoms with van der Waals surface area (Å²) in [7, 11) is 0. The van der Waals surface area contributed by atoms with Crippen molar-refractivity contribution < 1.29 is 0 Å². The molecule has 146 valence electrons. The molecule has 0 amide bonds. The lowest BCUT2D eigenvalue weighted by Crippen LogP contribution is -2.46. The minimum atomic E-state index is 0.764. The summed E-state index contributed by atoms with van der Waals surface area (Å²) in [6.07, 6.45) is 0.959. The second-order valence-electron chi connectivity index (χ2n) is 7.53. The average molecular weight is 395 g/mol. The van der Waals surface area contributed by atoms with Gasteiger partial charge in [-0.05, 0) is 30.2 Å². The summed E-state index contributed by atoms with van der Waals surface area (Å²) in [6, 6.07) is 18.8. The molecule has 1 aliphatic rings. The van der Waals surface area contributed by atoms with E-state index in [-0.39, 0.29) is 0 Å². The Labute approximate surface area is 172 Å². The van der Waals surface area contributed by atoms with E-state index in [0.29, 0.717) is 0 Å². The normalized spacial score (nSPS) is 15.8.